The maximum absolute atomic E-state index is 11.6. The van der Waals surface area contributed by atoms with Crippen molar-refractivity contribution < 1.29 is 14.3 Å². The zero-order valence-corrected chi connectivity index (χ0v) is 14.9. The van der Waals surface area contributed by atoms with Crippen molar-refractivity contribution >= 4 is 21.9 Å². The average Bonchev–Trinajstić information content (AvgIpc) is 2.64. The van der Waals surface area contributed by atoms with Crippen molar-refractivity contribution in [3.05, 3.63) is 64.7 Å². The summed E-state index contributed by atoms with van der Waals surface area (Å²) in [4.78, 5) is 11.6. The molecule has 0 amide bonds. The number of hydrogen-bond donors (Lipinski definition) is 0. The number of rotatable bonds is 2. The minimum absolute atomic E-state index is 0.375. The number of carbonyl (C=O) groups is 1. The van der Waals surface area contributed by atoms with Gasteiger partial charge in [0.1, 0.15) is 11.3 Å². The summed E-state index contributed by atoms with van der Waals surface area (Å²) in [6.07, 6.45) is 0. The van der Waals surface area contributed by atoms with Gasteiger partial charge in [0, 0.05) is 16.7 Å². The lowest BCUT2D eigenvalue weighted by Gasteiger charge is -2.06. The Morgan fingerprint density at radius 3 is 2.12 bits per heavy atom. The van der Waals surface area contributed by atoms with Crippen molar-refractivity contribution in [1.82, 2.24) is 0 Å². The number of methoxy groups -OCH3 is 2. The van der Waals surface area contributed by atoms with Gasteiger partial charge in [-0.05, 0) is 42.5 Å². The molecular weight excluding hydrogens is 368 g/mol. The molecule has 0 atom stereocenters. The van der Waals surface area contributed by atoms with Crippen LogP contribution in [0.2, 0.25) is 0 Å². The molecule has 2 aromatic rings. The molecule has 0 saturated heterocycles. The minimum atomic E-state index is -0.438. The molecule has 0 aliphatic rings. The number of hydrogen-bond acceptors (Lipinski definition) is 3. The molecule has 0 fully saturated rings. The Morgan fingerprint density at radius 2 is 1.54 bits per heavy atom. The molecule has 0 aromatic heterocycles. The van der Waals surface area contributed by atoms with Crippen molar-refractivity contribution in [2.75, 3.05) is 19.5 Å². The van der Waals surface area contributed by atoms with E-state index in [4.69, 9.17) is 9.47 Å². The Morgan fingerprint density at radius 1 is 0.958 bits per heavy atom. The van der Waals surface area contributed by atoms with Gasteiger partial charge in [0.2, 0.25) is 0 Å². The van der Waals surface area contributed by atoms with Crippen LogP contribution in [0.5, 0.6) is 5.75 Å². The van der Waals surface area contributed by atoms with Crippen LogP contribution in [0, 0.1) is 23.7 Å². The van der Waals surface area contributed by atoms with E-state index in [1.807, 2.05) is 24.3 Å². The highest BCUT2D eigenvalue weighted by molar-refractivity contribution is 9.09. The largest absolute Gasteiger partial charge is 0.496 e. The fourth-order valence-corrected chi connectivity index (χ4v) is 2.10. The van der Waals surface area contributed by atoms with Gasteiger partial charge in [-0.25, -0.2) is 4.79 Å². The van der Waals surface area contributed by atoms with Gasteiger partial charge in [-0.2, -0.15) is 0 Å². The highest BCUT2D eigenvalue weighted by atomic mass is 79.9. The van der Waals surface area contributed by atoms with Gasteiger partial charge in [-0.3, -0.25) is 0 Å². The molecule has 0 radical (unpaired) electrons. The van der Waals surface area contributed by atoms with Gasteiger partial charge in [0.15, 0.2) is 0 Å². The molecule has 4 heteroatoms. The maximum atomic E-state index is 11.6. The molecule has 0 aliphatic heterocycles. The Labute approximate surface area is 150 Å². The minimum Gasteiger partial charge on any atom is -0.496 e. The summed E-state index contributed by atoms with van der Waals surface area (Å²) in [5.41, 5.74) is 2.96. The summed E-state index contributed by atoms with van der Waals surface area (Å²) < 4.78 is 9.94. The first-order chi connectivity index (χ1) is 11.7. The number of alkyl halides is 1. The van der Waals surface area contributed by atoms with E-state index < -0.39 is 5.97 Å². The second-order valence-electron chi connectivity index (χ2n) is 4.67. The van der Waals surface area contributed by atoms with E-state index in [0.29, 0.717) is 16.6 Å². The average molecular weight is 383 g/mol. The molecular formula is C20H15BrO3. The molecule has 0 spiro atoms. The predicted octanol–water partition coefficient (Wildman–Crippen LogP) is 3.63. The first kappa shape index (κ1) is 17.7. The fourth-order valence-electron chi connectivity index (χ4n) is 1.96. The maximum Gasteiger partial charge on any atom is 0.341 e. The van der Waals surface area contributed by atoms with Crippen LogP contribution >= 0.6 is 15.9 Å². The van der Waals surface area contributed by atoms with Crippen LogP contribution in [-0.2, 0) is 4.74 Å². The summed E-state index contributed by atoms with van der Waals surface area (Å²) in [6, 6.07) is 12.8. The molecule has 24 heavy (non-hydrogen) atoms. The number of ether oxygens (including phenoxy) is 2. The van der Waals surface area contributed by atoms with Gasteiger partial charge in [-0.15, -0.1) is 0 Å². The van der Waals surface area contributed by atoms with Gasteiger partial charge in [0.05, 0.1) is 19.5 Å². The third kappa shape index (κ3) is 4.65. The topological polar surface area (TPSA) is 35.5 Å². The zero-order valence-electron chi connectivity index (χ0n) is 13.4. The van der Waals surface area contributed by atoms with E-state index in [1.54, 1.807) is 18.2 Å². The monoisotopic (exact) mass is 382 g/mol. The Hall–Kier alpha value is -2.69. The molecule has 120 valence electrons. The van der Waals surface area contributed by atoms with Crippen LogP contribution in [0.1, 0.15) is 27.0 Å². The highest BCUT2D eigenvalue weighted by Crippen LogP contribution is 2.20. The summed E-state index contributed by atoms with van der Waals surface area (Å²) in [7, 11) is 2.84. The molecule has 2 aromatic carbocycles. The Kier molecular flexibility index (Phi) is 6.49. The van der Waals surface area contributed by atoms with Crippen molar-refractivity contribution in [3.63, 3.8) is 0 Å². The molecule has 0 N–H and O–H groups in total. The fraction of sp³-hybridized carbons (Fsp3) is 0.150. The van der Waals surface area contributed by atoms with Crippen LogP contribution in [0.3, 0.4) is 0 Å². The molecule has 0 aliphatic carbocycles. The lowest BCUT2D eigenvalue weighted by atomic mass is 10.1. The van der Waals surface area contributed by atoms with E-state index in [0.717, 1.165) is 16.7 Å². The van der Waals surface area contributed by atoms with Crippen LogP contribution in [-0.4, -0.2) is 25.5 Å². The van der Waals surface area contributed by atoms with Crippen LogP contribution in [0.4, 0.5) is 0 Å². The second-order valence-corrected chi connectivity index (χ2v) is 5.23. The van der Waals surface area contributed by atoms with Crippen molar-refractivity contribution in [1.29, 1.82) is 0 Å². The van der Waals surface area contributed by atoms with Crippen molar-refractivity contribution in [2.24, 2.45) is 0 Å². The molecule has 0 saturated carbocycles. The molecule has 0 unspecified atom stereocenters. The van der Waals surface area contributed by atoms with E-state index in [1.165, 1.54) is 14.2 Å². The number of esters is 1. The standard InChI is InChI=1S/C20H15BrO3/c1-23-19-14-17(11-12-18(19)20(22)24-2)10-9-16-7-5-15(6-8-16)4-3-13-21/h5-8,11-12,14H,13H2,1-2H3. The molecule has 2 rings (SSSR count). The lowest BCUT2D eigenvalue weighted by Crippen LogP contribution is -2.04. The predicted molar refractivity (Wildman–Crippen MR) is 97.4 cm³/mol. The summed E-state index contributed by atoms with van der Waals surface area (Å²) in [5.74, 6) is 12.1. The van der Waals surface area contributed by atoms with Crippen molar-refractivity contribution in [2.45, 2.75) is 0 Å². The third-order valence-corrected chi connectivity index (χ3v) is 3.42. The van der Waals surface area contributed by atoms with Gasteiger partial charge in [0.25, 0.3) is 0 Å². The zero-order chi connectivity index (χ0) is 17.4. The second kappa shape index (κ2) is 8.82. The van der Waals surface area contributed by atoms with E-state index in [9.17, 15) is 4.79 Å². The summed E-state index contributed by atoms with van der Waals surface area (Å²) >= 11 is 3.27. The highest BCUT2D eigenvalue weighted by Gasteiger charge is 2.12. The van der Waals surface area contributed by atoms with Gasteiger partial charge >= 0.3 is 5.97 Å². The van der Waals surface area contributed by atoms with E-state index in [-0.39, 0.29) is 0 Å². The SMILES string of the molecule is COC(=O)c1ccc(C#Cc2ccc(C#CCBr)cc2)cc1OC. The van der Waals surface area contributed by atoms with Crippen LogP contribution < -0.4 is 4.74 Å². The van der Waals surface area contributed by atoms with E-state index in [2.05, 4.69) is 39.6 Å². The van der Waals surface area contributed by atoms with Crippen LogP contribution in [0.25, 0.3) is 0 Å². The normalized spacial score (nSPS) is 9.12. The molecule has 0 bridgehead atoms. The summed E-state index contributed by atoms with van der Waals surface area (Å²) in [6.45, 7) is 0. The lowest BCUT2D eigenvalue weighted by molar-refractivity contribution is 0.0597. The quantitative estimate of drug-likeness (QED) is 0.452. The van der Waals surface area contributed by atoms with Crippen molar-refractivity contribution in [3.8, 4) is 29.4 Å². The number of benzene rings is 2. The third-order valence-electron chi connectivity index (χ3n) is 3.14. The summed E-state index contributed by atoms with van der Waals surface area (Å²) in [5, 5.41) is 0.651. The number of halogens is 1. The molecule has 3 nitrogen and oxygen atoms in total. The van der Waals surface area contributed by atoms with Crippen LogP contribution in [0.15, 0.2) is 42.5 Å². The molecule has 0 heterocycles. The Balaban J connectivity index is 2.23. The Bertz CT molecular complexity index is 846. The van der Waals surface area contributed by atoms with E-state index >= 15 is 0 Å². The van der Waals surface area contributed by atoms with Gasteiger partial charge in [-0.1, -0.05) is 39.6 Å². The van der Waals surface area contributed by atoms with Gasteiger partial charge < -0.3 is 9.47 Å². The first-order valence-corrected chi connectivity index (χ1v) is 8.23. The smallest absolute Gasteiger partial charge is 0.341 e. The number of carbonyl (C=O) groups excluding carboxylic acids is 1. The first-order valence-electron chi connectivity index (χ1n) is 7.11.